The van der Waals surface area contributed by atoms with Gasteiger partial charge in [-0.1, -0.05) is 62.7 Å². The summed E-state index contributed by atoms with van der Waals surface area (Å²) in [6.45, 7) is 4.78. The minimum absolute atomic E-state index is 0.355. The van der Waals surface area contributed by atoms with Crippen LogP contribution < -0.4 is 0 Å². The van der Waals surface area contributed by atoms with Crippen LogP contribution in [0.5, 0.6) is 0 Å². The SMILES string of the molecule is CC[SiH2]C1CCC([SiH2]CC)CC1. The first-order chi connectivity index (χ1) is 5.86. The van der Waals surface area contributed by atoms with Crippen LogP contribution in [0.2, 0.25) is 23.2 Å². The minimum Gasteiger partial charge on any atom is -0.0683 e. The van der Waals surface area contributed by atoms with E-state index in [4.69, 9.17) is 0 Å². The quantitative estimate of drug-likeness (QED) is 0.611. The van der Waals surface area contributed by atoms with Gasteiger partial charge in [-0.15, -0.1) is 0 Å². The smallest absolute Gasteiger partial charge is 0.0229 e. The van der Waals surface area contributed by atoms with Crippen molar-refractivity contribution in [3.8, 4) is 0 Å². The topological polar surface area (TPSA) is 0 Å². The largest absolute Gasteiger partial charge is 0.0683 e. The molecule has 72 valence electrons. The standard InChI is InChI=1S/C10H24Si2/c1-3-11-9-5-7-10(8-6-9)12-4-2/h9-10H,3-8,11-12H2,1-2H3. The molecule has 0 N–H and O–H groups in total. The highest BCUT2D eigenvalue weighted by atomic mass is 28.2. The van der Waals surface area contributed by atoms with E-state index in [2.05, 4.69) is 13.8 Å². The van der Waals surface area contributed by atoms with Gasteiger partial charge >= 0.3 is 0 Å². The fraction of sp³-hybridized carbons (Fsp3) is 1.00. The molecule has 0 bridgehead atoms. The molecule has 12 heavy (non-hydrogen) atoms. The van der Waals surface area contributed by atoms with Crippen LogP contribution in [0.25, 0.3) is 0 Å². The molecule has 0 aromatic rings. The van der Waals surface area contributed by atoms with Gasteiger partial charge in [0.1, 0.15) is 0 Å². The van der Waals surface area contributed by atoms with Crippen LogP contribution in [0.1, 0.15) is 39.5 Å². The highest BCUT2D eigenvalue weighted by Gasteiger charge is 2.19. The summed E-state index contributed by atoms with van der Waals surface area (Å²) in [5, 5.41) is 0. The molecule has 1 fully saturated rings. The molecule has 0 saturated heterocycles. The van der Waals surface area contributed by atoms with Crippen molar-refractivity contribution in [3.63, 3.8) is 0 Å². The number of hydrogen-bond donors (Lipinski definition) is 0. The Morgan fingerprint density at radius 2 is 1.17 bits per heavy atom. The summed E-state index contributed by atoms with van der Waals surface area (Å²) in [4.78, 5) is 0. The molecule has 0 radical (unpaired) electrons. The van der Waals surface area contributed by atoms with E-state index in [0.29, 0.717) is 19.0 Å². The van der Waals surface area contributed by atoms with Gasteiger partial charge in [-0.2, -0.15) is 0 Å². The van der Waals surface area contributed by atoms with Crippen LogP contribution in [-0.2, 0) is 0 Å². The highest BCUT2D eigenvalue weighted by Crippen LogP contribution is 2.35. The summed E-state index contributed by atoms with van der Waals surface area (Å²) < 4.78 is 0. The summed E-state index contributed by atoms with van der Waals surface area (Å²) in [6, 6.07) is 3.08. The van der Waals surface area contributed by atoms with Crippen molar-refractivity contribution in [3.05, 3.63) is 0 Å². The second-order valence-corrected chi connectivity index (χ2v) is 9.93. The molecular weight excluding hydrogens is 176 g/mol. The van der Waals surface area contributed by atoms with Crippen molar-refractivity contribution in [2.75, 3.05) is 0 Å². The van der Waals surface area contributed by atoms with Crippen molar-refractivity contribution in [2.45, 2.75) is 62.7 Å². The fourth-order valence-electron chi connectivity index (χ4n) is 2.63. The predicted molar refractivity (Wildman–Crippen MR) is 64.0 cm³/mol. The molecule has 0 aromatic heterocycles. The van der Waals surface area contributed by atoms with E-state index in [1.54, 1.807) is 37.8 Å². The molecule has 0 unspecified atom stereocenters. The Kier molecular flexibility index (Phi) is 5.23. The Hall–Kier alpha value is 0.434. The molecular formula is C10H24Si2. The van der Waals surface area contributed by atoms with Crippen molar-refractivity contribution in [2.24, 2.45) is 0 Å². The van der Waals surface area contributed by atoms with Gasteiger partial charge < -0.3 is 0 Å². The van der Waals surface area contributed by atoms with E-state index in [0.717, 1.165) is 0 Å². The molecule has 0 amide bonds. The van der Waals surface area contributed by atoms with E-state index in [1.807, 2.05) is 0 Å². The molecule has 0 heterocycles. The van der Waals surface area contributed by atoms with Crippen molar-refractivity contribution in [1.82, 2.24) is 0 Å². The summed E-state index contributed by atoms with van der Waals surface area (Å²) in [5.41, 5.74) is 2.49. The van der Waals surface area contributed by atoms with Gasteiger partial charge in [-0.05, 0) is 0 Å². The summed E-state index contributed by atoms with van der Waals surface area (Å²) in [6.07, 6.45) is 6.49. The second-order valence-electron chi connectivity index (χ2n) is 4.46. The Morgan fingerprint density at radius 1 is 0.833 bits per heavy atom. The summed E-state index contributed by atoms with van der Waals surface area (Å²) in [7, 11) is 0.710. The van der Waals surface area contributed by atoms with Gasteiger partial charge in [0.25, 0.3) is 0 Å². The summed E-state index contributed by atoms with van der Waals surface area (Å²) >= 11 is 0. The van der Waals surface area contributed by atoms with Gasteiger partial charge in [0.05, 0.1) is 0 Å². The maximum Gasteiger partial charge on any atom is 0.0229 e. The Bertz CT molecular complexity index is 92.4. The van der Waals surface area contributed by atoms with E-state index in [9.17, 15) is 0 Å². The molecule has 1 aliphatic rings. The molecule has 1 rings (SSSR count). The van der Waals surface area contributed by atoms with E-state index in [1.165, 1.54) is 11.1 Å². The Morgan fingerprint density at radius 3 is 1.42 bits per heavy atom. The second kappa shape index (κ2) is 5.97. The van der Waals surface area contributed by atoms with Crippen LogP contribution in [0.4, 0.5) is 0 Å². The zero-order chi connectivity index (χ0) is 8.81. The monoisotopic (exact) mass is 200 g/mol. The highest BCUT2D eigenvalue weighted by molar-refractivity contribution is 6.38. The van der Waals surface area contributed by atoms with Crippen LogP contribution in [0, 0.1) is 0 Å². The summed E-state index contributed by atoms with van der Waals surface area (Å²) in [5.74, 6) is 0. The van der Waals surface area contributed by atoms with Crippen molar-refractivity contribution >= 4 is 19.0 Å². The molecule has 0 atom stereocenters. The fourth-order valence-corrected chi connectivity index (χ4v) is 6.36. The van der Waals surface area contributed by atoms with Gasteiger partial charge in [0.2, 0.25) is 0 Å². The molecule has 1 saturated carbocycles. The maximum absolute atomic E-state index is 2.39. The lowest BCUT2D eigenvalue weighted by atomic mass is 9.99. The van der Waals surface area contributed by atoms with Gasteiger partial charge in [-0.3, -0.25) is 0 Å². The molecule has 0 spiro atoms. The van der Waals surface area contributed by atoms with E-state index in [-0.39, 0.29) is 0 Å². The van der Waals surface area contributed by atoms with Gasteiger partial charge in [-0.25, -0.2) is 0 Å². The van der Waals surface area contributed by atoms with Crippen LogP contribution in [0.3, 0.4) is 0 Å². The minimum atomic E-state index is 0.355. The predicted octanol–water partition coefficient (Wildman–Crippen LogP) is 2.35. The average Bonchev–Trinajstić information content (AvgIpc) is 2.09. The van der Waals surface area contributed by atoms with Crippen LogP contribution >= 0.6 is 0 Å². The Labute approximate surface area is 82.2 Å². The zero-order valence-electron chi connectivity index (χ0n) is 8.81. The zero-order valence-corrected chi connectivity index (χ0v) is 11.6. The molecule has 0 aliphatic heterocycles. The maximum atomic E-state index is 2.39. The third-order valence-electron chi connectivity index (χ3n) is 3.36. The van der Waals surface area contributed by atoms with E-state index < -0.39 is 0 Å². The first-order valence-corrected chi connectivity index (χ1v) is 9.50. The Balaban J connectivity index is 2.11. The van der Waals surface area contributed by atoms with Gasteiger partial charge in [0.15, 0.2) is 0 Å². The lowest BCUT2D eigenvalue weighted by Crippen LogP contribution is -2.14. The van der Waals surface area contributed by atoms with Crippen LogP contribution in [0.15, 0.2) is 0 Å². The lowest BCUT2D eigenvalue weighted by molar-refractivity contribution is 0.496. The number of rotatable bonds is 4. The molecule has 2 heteroatoms. The van der Waals surface area contributed by atoms with Crippen molar-refractivity contribution < 1.29 is 0 Å². The van der Waals surface area contributed by atoms with Gasteiger partial charge in [0, 0.05) is 19.0 Å². The number of hydrogen-bond acceptors (Lipinski definition) is 0. The average molecular weight is 200 g/mol. The molecule has 1 aliphatic carbocycles. The van der Waals surface area contributed by atoms with Crippen LogP contribution in [-0.4, -0.2) is 19.0 Å². The van der Waals surface area contributed by atoms with Crippen molar-refractivity contribution in [1.29, 1.82) is 0 Å². The normalized spacial score (nSPS) is 32.5. The molecule has 0 aromatic carbocycles. The van der Waals surface area contributed by atoms with E-state index >= 15 is 0 Å². The lowest BCUT2D eigenvalue weighted by Gasteiger charge is -2.27. The first kappa shape index (κ1) is 10.5. The third kappa shape index (κ3) is 3.44. The molecule has 0 nitrogen and oxygen atoms in total. The third-order valence-corrected chi connectivity index (χ3v) is 7.78. The first-order valence-electron chi connectivity index (χ1n) is 5.86.